The summed E-state index contributed by atoms with van der Waals surface area (Å²) in [5.41, 5.74) is 4.86. The van der Waals surface area contributed by atoms with Crippen molar-refractivity contribution in [2.75, 3.05) is 0 Å². The Bertz CT molecular complexity index is 536. The lowest BCUT2D eigenvalue weighted by molar-refractivity contribution is 0.166. The summed E-state index contributed by atoms with van der Waals surface area (Å²) in [4.78, 5) is 4.07. The molecule has 0 aliphatic heterocycles. The molecule has 0 saturated carbocycles. The lowest BCUT2D eigenvalue weighted by Gasteiger charge is -2.15. The monoisotopic (exact) mass is 239 g/mol. The van der Waals surface area contributed by atoms with E-state index in [1.807, 2.05) is 30.6 Å². The van der Waals surface area contributed by atoms with Crippen LogP contribution in [0.1, 0.15) is 36.5 Å². The van der Waals surface area contributed by atoms with Gasteiger partial charge in [0.05, 0.1) is 6.10 Å². The normalized spacial score (nSPS) is 19.1. The minimum Gasteiger partial charge on any atom is -0.388 e. The van der Waals surface area contributed by atoms with Gasteiger partial charge in [-0.2, -0.15) is 0 Å². The SMILES string of the molecule is OC1CCCCc2c(-c3ccncc3)cccc21. The number of aliphatic hydroxyl groups is 1. The molecule has 1 aromatic heterocycles. The number of pyridine rings is 1. The van der Waals surface area contributed by atoms with Crippen LogP contribution in [-0.2, 0) is 6.42 Å². The molecule has 18 heavy (non-hydrogen) atoms. The van der Waals surface area contributed by atoms with Gasteiger partial charge >= 0.3 is 0 Å². The third kappa shape index (κ3) is 2.04. The Balaban J connectivity index is 2.14. The van der Waals surface area contributed by atoms with Gasteiger partial charge in [0, 0.05) is 12.4 Å². The first kappa shape index (κ1) is 11.4. The van der Waals surface area contributed by atoms with Crippen LogP contribution in [0.5, 0.6) is 0 Å². The second-order valence-electron chi connectivity index (χ2n) is 4.87. The molecule has 0 bridgehead atoms. The van der Waals surface area contributed by atoms with E-state index in [2.05, 4.69) is 17.1 Å². The standard InChI is InChI=1S/C16H17NO/c18-16-7-2-1-4-14-13(5-3-6-15(14)16)12-8-10-17-11-9-12/h3,5-6,8-11,16,18H,1-2,4,7H2. The average Bonchev–Trinajstić information content (AvgIpc) is 2.62. The molecule has 1 atom stereocenters. The maximum atomic E-state index is 10.2. The van der Waals surface area contributed by atoms with E-state index in [1.165, 1.54) is 16.7 Å². The lowest BCUT2D eigenvalue weighted by Crippen LogP contribution is -2.00. The van der Waals surface area contributed by atoms with E-state index in [0.29, 0.717) is 0 Å². The largest absolute Gasteiger partial charge is 0.388 e. The minimum atomic E-state index is -0.302. The van der Waals surface area contributed by atoms with E-state index in [0.717, 1.165) is 31.2 Å². The molecule has 0 saturated heterocycles. The maximum Gasteiger partial charge on any atom is 0.0792 e. The Morgan fingerprint density at radius 1 is 1.06 bits per heavy atom. The van der Waals surface area contributed by atoms with E-state index in [1.54, 1.807) is 0 Å². The summed E-state index contributed by atoms with van der Waals surface area (Å²) in [6.07, 6.45) is 7.54. The molecular weight excluding hydrogens is 222 g/mol. The van der Waals surface area contributed by atoms with Crippen LogP contribution in [0.15, 0.2) is 42.7 Å². The summed E-state index contributed by atoms with van der Waals surface area (Å²) < 4.78 is 0. The van der Waals surface area contributed by atoms with Crippen molar-refractivity contribution in [3.8, 4) is 11.1 Å². The number of hydrogen-bond acceptors (Lipinski definition) is 2. The van der Waals surface area contributed by atoms with Crippen molar-refractivity contribution in [3.63, 3.8) is 0 Å². The molecule has 1 heterocycles. The highest BCUT2D eigenvalue weighted by molar-refractivity contribution is 5.68. The topological polar surface area (TPSA) is 33.1 Å². The van der Waals surface area contributed by atoms with Crippen molar-refractivity contribution in [1.82, 2.24) is 4.98 Å². The molecule has 0 amide bonds. The molecule has 1 aliphatic carbocycles. The molecule has 2 nitrogen and oxygen atoms in total. The zero-order chi connectivity index (χ0) is 12.4. The van der Waals surface area contributed by atoms with Crippen molar-refractivity contribution in [2.45, 2.75) is 31.8 Å². The molecule has 2 heteroatoms. The molecule has 1 aliphatic rings. The number of benzene rings is 1. The molecular formula is C16H17NO. The van der Waals surface area contributed by atoms with Gasteiger partial charge in [0.15, 0.2) is 0 Å². The number of hydrogen-bond donors (Lipinski definition) is 1. The van der Waals surface area contributed by atoms with Crippen LogP contribution in [0.25, 0.3) is 11.1 Å². The van der Waals surface area contributed by atoms with Crippen LogP contribution in [0, 0.1) is 0 Å². The first-order valence-electron chi connectivity index (χ1n) is 6.56. The quantitative estimate of drug-likeness (QED) is 0.772. The Morgan fingerprint density at radius 3 is 2.72 bits per heavy atom. The van der Waals surface area contributed by atoms with E-state index >= 15 is 0 Å². The van der Waals surface area contributed by atoms with Crippen molar-refractivity contribution in [2.24, 2.45) is 0 Å². The highest BCUT2D eigenvalue weighted by Crippen LogP contribution is 2.34. The molecule has 2 aromatic rings. The summed E-state index contributed by atoms with van der Waals surface area (Å²) in [6.45, 7) is 0. The summed E-state index contributed by atoms with van der Waals surface area (Å²) in [6, 6.07) is 10.3. The van der Waals surface area contributed by atoms with E-state index < -0.39 is 0 Å². The molecule has 1 N–H and O–H groups in total. The van der Waals surface area contributed by atoms with E-state index in [4.69, 9.17) is 0 Å². The maximum absolute atomic E-state index is 10.2. The van der Waals surface area contributed by atoms with Crippen LogP contribution in [0.4, 0.5) is 0 Å². The molecule has 0 spiro atoms. The zero-order valence-electron chi connectivity index (χ0n) is 10.3. The van der Waals surface area contributed by atoms with Crippen LogP contribution in [-0.4, -0.2) is 10.1 Å². The van der Waals surface area contributed by atoms with Crippen LogP contribution >= 0.6 is 0 Å². The fourth-order valence-corrected chi connectivity index (χ4v) is 2.79. The first-order chi connectivity index (χ1) is 8.86. The average molecular weight is 239 g/mol. The molecule has 1 unspecified atom stereocenters. The highest BCUT2D eigenvalue weighted by atomic mass is 16.3. The lowest BCUT2D eigenvalue weighted by atomic mass is 9.92. The van der Waals surface area contributed by atoms with Gasteiger partial charge in [-0.1, -0.05) is 24.6 Å². The van der Waals surface area contributed by atoms with Gasteiger partial charge in [-0.15, -0.1) is 0 Å². The number of nitrogens with zero attached hydrogens (tertiary/aromatic N) is 1. The van der Waals surface area contributed by atoms with E-state index in [9.17, 15) is 5.11 Å². The Morgan fingerprint density at radius 2 is 1.89 bits per heavy atom. The highest BCUT2D eigenvalue weighted by Gasteiger charge is 2.18. The van der Waals surface area contributed by atoms with Crippen molar-refractivity contribution < 1.29 is 5.11 Å². The zero-order valence-corrected chi connectivity index (χ0v) is 10.3. The molecule has 3 rings (SSSR count). The molecule has 1 aromatic carbocycles. The number of aliphatic hydroxyl groups excluding tert-OH is 1. The second-order valence-corrected chi connectivity index (χ2v) is 4.87. The van der Waals surface area contributed by atoms with Gasteiger partial charge in [0.2, 0.25) is 0 Å². The van der Waals surface area contributed by atoms with Crippen molar-refractivity contribution >= 4 is 0 Å². The Kier molecular flexibility index (Phi) is 3.11. The number of rotatable bonds is 1. The Hall–Kier alpha value is -1.67. The van der Waals surface area contributed by atoms with Gasteiger partial charge in [0.25, 0.3) is 0 Å². The third-order valence-corrected chi connectivity index (χ3v) is 3.72. The summed E-state index contributed by atoms with van der Waals surface area (Å²) in [7, 11) is 0. The summed E-state index contributed by atoms with van der Waals surface area (Å²) >= 11 is 0. The van der Waals surface area contributed by atoms with E-state index in [-0.39, 0.29) is 6.10 Å². The molecule has 92 valence electrons. The number of fused-ring (bicyclic) bond motifs is 1. The fourth-order valence-electron chi connectivity index (χ4n) is 2.79. The van der Waals surface area contributed by atoms with Gasteiger partial charge in [-0.05, 0) is 53.6 Å². The van der Waals surface area contributed by atoms with Crippen molar-refractivity contribution in [3.05, 3.63) is 53.9 Å². The smallest absolute Gasteiger partial charge is 0.0792 e. The van der Waals surface area contributed by atoms with Crippen molar-refractivity contribution in [1.29, 1.82) is 0 Å². The van der Waals surface area contributed by atoms with Crippen LogP contribution in [0.3, 0.4) is 0 Å². The number of aromatic nitrogens is 1. The van der Waals surface area contributed by atoms with Gasteiger partial charge < -0.3 is 5.11 Å². The molecule has 0 radical (unpaired) electrons. The minimum absolute atomic E-state index is 0.302. The van der Waals surface area contributed by atoms with Gasteiger partial charge in [-0.3, -0.25) is 4.98 Å². The van der Waals surface area contributed by atoms with Crippen LogP contribution in [0.2, 0.25) is 0 Å². The predicted octanol–water partition coefficient (Wildman–Crippen LogP) is 3.51. The first-order valence-corrected chi connectivity index (χ1v) is 6.56. The van der Waals surface area contributed by atoms with Crippen LogP contribution < -0.4 is 0 Å². The third-order valence-electron chi connectivity index (χ3n) is 3.72. The predicted molar refractivity (Wildman–Crippen MR) is 72.2 cm³/mol. The Labute approximate surface area is 107 Å². The second kappa shape index (κ2) is 4.91. The summed E-state index contributed by atoms with van der Waals surface area (Å²) in [5, 5.41) is 10.2. The van der Waals surface area contributed by atoms with Gasteiger partial charge in [0.1, 0.15) is 0 Å². The molecule has 0 fully saturated rings. The summed E-state index contributed by atoms with van der Waals surface area (Å²) in [5.74, 6) is 0. The fraction of sp³-hybridized carbons (Fsp3) is 0.312. The van der Waals surface area contributed by atoms with Gasteiger partial charge in [-0.25, -0.2) is 0 Å².